The number of benzene rings is 3. The number of imide groups is 1. The molecule has 3 aromatic carbocycles. The quantitative estimate of drug-likeness (QED) is 0.390. The molecule has 7 heteroatoms. The van der Waals surface area contributed by atoms with Crippen LogP contribution >= 0.6 is 11.6 Å². The van der Waals surface area contributed by atoms with E-state index in [-0.39, 0.29) is 11.1 Å². The van der Waals surface area contributed by atoms with Crippen LogP contribution in [0.15, 0.2) is 66.7 Å². The molecule has 1 aliphatic carbocycles. The smallest absolute Gasteiger partial charge is 0.241 e. The lowest BCUT2D eigenvalue weighted by Crippen LogP contribution is -2.51. The molecule has 3 atom stereocenters. The van der Waals surface area contributed by atoms with Crippen molar-refractivity contribution in [1.29, 1.82) is 0 Å². The Morgan fingerprint density at radius 2 is 1.43 bits per heavy atom. The molecule has 3 unspecified atom stereocenters. The Morgan fingerprint density at radius 3 is 2.06 bits per heavy atom. The summed E-state index contributed by atoms with van der Waals surface area (Å²) in [5.41, 5.74) is 1.07. The van der Waals surface area contributed by atoms with E-state index in [0.717, 1.165) is 16.0 Å². The first-order chi connectivity index (χ1) is 16.8. The van der Waals surface area contributed by atoms with E-state index in [1.54, 1.807) is 60.7 Å². The molecule has 0 saturated carbocycles. The number of fused-ring (bicyclic) bond motifs is 3. The van der Waals surface area contributed by atoms with Crippen molar-refractivity contribution in [3.8, 4) is 0 Å². The predicted octanol–water partition coefficient (Wildman–Crippen LogP) is 4.65. The second-order valence-electron chi connectivity index (χ2n) is 9.28. The van der Waals surface area contributed by atoms with Crippen molar-refractivity contribution >= 4 is 40.7 Å². The van der Waals surface area contributed by atoms with Gasteiger partial charge in [0, 0.05) is 21.7 Å². The van der Waals surface area contributed by atoms with E-state index in [4.69, 9.17) is 16.3 Å². The number of aryl methyl sites for hydroxylation is 2. The van der Waals surface area contributed by atoms with Crippen molar-refractivity contribution in [3.63, 3.8) is 0 Å². The number of amides is 2. The normalized spacial score (nSPS) is 24.4. The van der Waals surface area contributed by atoms with E-state index in [1.165, 1.54) is 0 Å². The highest BCUT2D eigenvalue weighted by molar-refractivity contribution is 6.37. The molecular weight excluding hydrogens is 466 g/mol. The maximum atomic E-state index is 13.9. The Balaban J connectivity index is 1.56. The minimum atomic E-state index is -2.11. The van der Waals surface area contributed by atoms with Gasteiger partial charge < -0.3 is 4.74 Å². The third kappa shape index (κ3) is 2.75. The van der Waals surface area contributed by atoms with Crippen molar-refractivity contribution in [2.24, 2.45) is 11.8 Å². The Bertz CT molecular complexity index is 1440. The Hall–Kier alpha value is -3.61. The van der Waals surface area contributed by atoms with Gasteiger partial charge in [0.05, 0.1) is 23.6 Å². The maximum Gasteiger partial charge on any atom is 0.241 e. The van der Waals surface area contributed by atoms with Crippen molar-refractivity contribution in [1.82, 2.24) is 0 Å². The van der Waals surface area contributed by atoms with Gasteiger partial charge in [-0.15, -0.1) is 0 Å². The number of ether oxygens (including phenoxy) is 1. The largest absolute Gasteiger partial charge is 0.349 e. The standard InChI is InChI=1S/C28H20ClNO5/c1-14-11-12-16(13-15(14)2)30-26(33)21-22(27(30)34)28(35-23(21)19-9-5-6-10-20(19)29)24(31)17-7-3-4-8-18(17)25(28)32/h3-13,21-23H,1-2H3. The first kappa shape index (κ1) is 21.9. The zero-order chi connectivity index (χ0) is 24.6. The Labute approximate surface area is 206 Å². The van der Waals surface area contributed by atoms with E-state index >= 15 is 0 Å². The number of hydrogen-bond acceptors (Lipinski definition) is 5. The van der Waals surface area contributed by atoms with Gasteiger partial charge in [-0.1, -0.05) is 60.1 Å². The zero-order valence-electron chi connectivity index (χ0n) is 18.9. The van der Waals surface area contributed by atoms with Gasteiger partial charge in [-0.3, -0.25) is 19.2 Å². The highest BCUT2D eigenvalue weighted by Gasteiger charge is 2.74. The Kier molecular flexibility index (Phi) is 4.66. The summed E-state index contributed by atoms with van der Waals surface area (Å²) in [5, 5.41) is 0.327. The average Bonchev–Trinajstić information content (AvgIpc) is 3.41. The minimum absolute atomic E-state index is 0.195. The van der Waals surface area contributed by atoms with Gasteiger partial charge in [0.15, 0.2) is 0 Å². The number of halogens is 1. The van der Waals surface area contributed by atoms with Crippen LogP contribution in [0.25, 0.3) is 0 Å². The molecule has 2 aliphatic heterocycles. The van der Waals surface area contributed by atoms with Crippen LogP contribution in [-0.2, 0) is 14.3 Å². The number of nitrogens with zero attached hydrogens (tertiary/aromatic N) is 1. The summed E-state index contributed by atoms with van der Waals surface area (Å²) >= 11 is 6.47. The van der Waals surface area contributed by atoms with Gasteiger partial charge in [0.25, 0.3) is 0 Å². The summed E-state index contributed by atoms with van der Waals surface area (Å²) in [6, 6.07) is 18.5. The summed E-state index contributed by atoms with van der Waals surface area (Å²) in [5.74, 6) is -4.69. The van der Waals surface area contributed by atoms with Gasteiger partial charge in [-0.2, -0.15) is 0 Å². The molecule has 2 heterocycles. The summed E-state index contributed by atoms with van der Waals surface area (Å²) in [6.07, 6.45) is -1.04. The second-order valence-corrected chi connectivity index (χ2v) is 9.69. The molecule has 2 amide bonds. The number of carbonyl (C=O) groups excluding carboxylic acids is 4. The lowest BCUT2D eigenvalue weighted by Gasteiger charge is -2.27. The molecule has 174 valence electrons. The molecule has 2 fully saturated rings. The van der Waals surface area contributed by atoms with E-state index in [2.05, 4.69) is 0 Å². The number of hydrogen-bond donors (Lipinski definition) is 0. The molecular formula is C28H20ClNO5. The summed E-state index contributed by atoms with van der Waals surface area (Å²) in [4.78, 5) is 56.5. The molecule has 1 spiro atoms. The third-order valence-corrected chi connectivity index (χ3v) is 7.82. The van der Waals surface area contributed by atoms with Crippen LogP contribution in [0.3, 0.4) is 0 Å². The summed E-state index contributed by atoms with van der Waals surface area (Å²) in [7, 11) is 0. The number of carbonyl (C=O) groups is 4. The molecule has 6 nitrogen and oxygen atoms in total. The van der Waals surface area contributed by atoms with Crippen LogP contribution in [0.4, 0.5) is 5.69 Å². The van der Waals surface area contributed by atoms with Gasteiger partial charge in [-0.25, -0.2) is 4.90 Å². The average molecular weight is 486 g/mol. The van der Waals surface area contributed by atoms with Gasteiger partial charge in [0.1, 0.15) is 0 Å². The highest BCUT2D eigenvalue weighted by atomic mass is 35.5. The third-order valence-electron chi connectivity index (χ3n) is 7.48. The zero-order valence-corrected chi connectivity index (χ0v) is 19.7. The summed E-state index contributed by atoms with van der Waals surface area (Å²) < 4.78 is 6.27. The van der Waals surface area contributed by atoms with Crippen LogP contribution in [0.1, 0.15) is 43.5 Å². The maximum absolute atomic E-state index is 13.9. The molecule has 3 aliphatic rings. The van der Waals surface area contributed by atoms with Gasteiger partial charge in [0.2, 0.25) is 29.0 Å². The first-order valence-electron chi connectivity index (χ1n) is 11.3. The fraction of sp³-hybridized carbons (Fsp3) is 0.214. The topological polar surface area (TPSA) is 80.8 Å². The fourth-order valence-electron chi connectivity index (χ4n) is 5.62. The van der Waals surface area contributed by atoms with Crippen molar-refractivity contribution in [2.75, 3.05) is 4.90 Å². The lowest BCUT2D eigenvalue weighted by atomic mass is 9.77. The highest BCUT2D eigenvalue weighted by Crippen LogP contribution is 2.58. The fourth-order valence-corrected chi connectivity index (χ4v) is 5.87. The van der Waals surface area contributed by atoms with Crippen LogP contribution < -0.4 is 4.90 Å². The first-order valence-corrected chi connectivity index (χ1v) is 11.7. The van der Waals surface area contributed by atoms with E-state index in [1.807, 2.05) is 19.9 Å². The number of anilines is 1. The van der Waals surface area contributed by atoms with E-state index in [9.17, 15) is 19.2 Å². The van der Waals surface area contributed by atoms with Crippen molar-refractivity contribution < 1.29 is 23.9 Å². The number of ketones is 2. The van der Waals surface area contributed by atoms with Crippen LogP contribution in [0.2, 0.25) is 5.02 Å². The number of Topliss-reactive ketones (excluding diaryl/α,β-unsaturated/α-hetero) is 2. The monoisotopic (exact) mass is 485 g/mol. The van der Waals surface area contributed by atoms with E-state index < -0.39 is 46.9 Å². The second kappa shape index (κ2) is 7.44. The molecule has 0 aromatic heterocycles. The SMILES string of the molecule is Cc1ccc(N2C(=O)C3C(c4ccccc4Cl)OC4(C(=O)c5ccccc5C4=O)C3C2=O)cc1C. The predicted molar refractivity (Wildman–Crippen MR) is 129 cm³/mol. The molecule has 0 radical (unpaired) electrons. The lowest BCUT2D eigenvalue weighted by molar-refractivity contribution is -0.127. The minimum Gasteiger partial charge on any atom is -0.349 e. The van der Waals surface area contributed by atoms with Gasteiger partial charge >= 0.3 is 0 Å². The molecule has 6 rings (SSSR count). The van der Waals surface area contributed by atoms with Crippen molar-refractivity contribution in [2.45, 2.75) is 25.6 Å². The molecule has 35 heavy (non-hydrogen) atoms. The summed E-state index contributed by atoms with van der Waals surface area (Å²) in [6.45, 7) is 3.83. The van der Waals surface area contributed by atoms with Crippen LogP contribution in [-0.4, -0.2) is 29.0 Å². The Morgan fingerprint density at radius 1 is 0.800 bits per heavy atom. The molecule has 0 N–H and O–H groups in total. The molecule has 0 bridgehead atoms. The number of rotatable bonds is 2. The molecule has 3 aromatic rings. The van der Waals surface area contributed by atoms with Crippen LogP contribution in [0, 0.1) is 25.7 Å². The van der Waals surface area contributed by atoms with Gasteiger partial charge in [-0.05, 0) is 43.2 Å². The van der Waals surface area contributed by atoms with Crippen molar-refractivity contribution in [3.05, 3.63) is 99.6 Å². The van der Waals surface area contributed by atoms with Crippen LogP contribution in [0.5, 0.6) is 0 Å². The van der Waals surface area contributed by atoms with E-state index in [0.29, 0.717) is 16.3 Å². The molecule has 2 saturated heterocycles.